The minimum Gasteiger partial charge on any atom is -0.456 e. The van der Waals surface area contributed by atoms with Gasteiger partial charge < -0.3 is 4.74 Å². The maximum Gasteiger partial charge on any atom is 0.146 e. The maximum absolute atomic E-state index is 9.32. The highest BCUT2D eigenvalue weighted by Gasteiger charge is 2.10. The van der Waals surface area contributed by atoms with Crippen LogP contribution in [0, 0.1) is 11.3 Å². The van der Waals surface area contributed by atoms with Crippen LogP contribution >= 0.6 is 35.0 Å². The van der Waals surface area contributed by atoms with Crippen LogP contribution in [0.15, 0.2) is 41.3 Å². The largest absolute Gasteiger partial charge is 0.456 e. The SMILES string of the molecule is CCSc1cccc(Oc2cc(Cl)cc(Cl)c2)c1C#N. The molecular weight excluding hydrogens is 313 g/mol. The highest BCUT2D eigenvalue weighted by atomic mass is 35.5. The molecule has 0 N–H and O–H groups in total. The third-order valence-corrected chi connectivity index (χ3v) is 3.84. The van der Waals surface area contributed by atoms with Crippen molar-refractivity contribution in [2.75, 3.05) is 5.75 Å². The van der Waals surface area contributed by atoms with Crippen molar-refractivity contribution in [1.29, 1.82) is 5.26 Å². The van der Waals surface area contributed by atoms with Crippen molar-refractivity contribution < 1.29 is 4.74 Å². The average Bonchev–Trinajstić information content (AvgIpc) is 2.38. The van der Waals surface area contributed by atoms with Crippen LogP contribution in [-0.4, -0.2) is 5.75 Å². The second-order valence-electron chi connectivity index (χ2n) is 3.88. The summed E-state index contributed by atoms with van der Waals surface area (Å²) in [4.78, 5) is 0.903. The summed E-state index contributed by atoms with van der Waals surface area (Å²) in [5, 5.41) is 10.3. The lowest BCUT2D eigenvalue weighted by Gasteiger charge is -2.10. The van der Waals surface area contributed by atoms with E-state index in [0.717, 1.165) is 10.6 Å². The van der Waals surface area contributed by atoms with E-state index in [9.17, 15) is 5.26 Å². The summed E-state index contributed by atoms with van der Waals surface area (Å²) in [5.41, 5.74) is 0.524. The summed E-state index contributed by atoms with van der Waals surface area (Å²) < 4.78 is 5.74. The number of halogens is 2. The zero-order chi connectivity index (χ0) is 14.5. The van der Waals surface area contributed by atoms with E-state index in [2.05, 4.69) is 6.07 Å². The molecule has 0 aromatic heterocycles. The Balaban J connectivity index is 2.38. The Hall–Kier alpha value is -1.34. The molecule has 0 aliphatic carbocycles. The van der Waals surface area contributed by atoms with E-state index in [4.69, 9.17) is 27.9 Å². The van der Waals surface area contributed by atoms with Gasteiger partial charge in [0.25, 0.3) is 0 Å². The smallest absolute Gasteiger partial charge is 0.146 e. The Morgan fingerprint density at radius 3 is 2.50 bits per heavy atom. The Bertz CT molecular complexity index is 647. The fourth-order valence-corrected chi connectivity index (χ4v) is 2.98. The number of benzene rings is 2. The van der Waals surface area contributed by atoms with E-state index in [1.807, 2.05) is 19.1 Å². The summed E-state index contributed by atoms with van der Waals surface area (Å²) >= 11 is 13.5. The minimum absolute atomic E-state index is 0.491. The number of hydrogen-bond acceptors (Lipinski definition) is 3. The van der Waals surface area contributed by atoms with Gasteiger partial charge in [-0.05, 0) is 36.1 Å². The second kappa shape index (κ2) is 6.90. The van der Waals surface area contributed by atoms with Crippen molar-refractivity contribution in [1.82, 2.24) is 0 Å². The molecule has 0 radical (unpaired) electrons. The number of hydrogen-bond donors (Lipinski definition) is 0. The predicted molar refractivity (Wildman–Crippen MR) is 84.1 cm³/mol. The van der Waals surface area contributed by atoms with E-state index in [0.29, 0.717) is 27.1 Å². The summed E-state index contributed by atoms with van der Waals surface area (Å²) in [7, 11) is 0. The van der Waals surface area contributed by atoms with Crippen LogP contribution in [0.5, 0.6) is 11.5 Å². The molecule has 0 aliphatic rings. The normalized spacial score (nSPS) is 10.1. The monoisotopic (exact) mass is 323 g/mol. The maximum atomic E-state index is 9.32. The molecule has 0 amide bonds. The quantitative estimate of drug-likeness (QED) is 0.669. The van der Waals surface area contributed by atoms with Crippen molar-refractivity contribution in [3.8, 4) is 17.6 Å². The number of rotatable bonds is 4. The molecule has 0 atom stereocenters. The van der Waals surface area contributed by atoms with Gasteiger partial charge in [0, 0.05) is 14.9 Å². The molecule has 5 heteroatoms. The van der Waals surface area contributed by atoms with Gasteiger partial charge in [0.15, 0.2) is 0 Å². The van der Waals surface area contributed by atoms with E-state index in [1.54, 1.807) is 36.0 Å². The molecular formula is C15H11Cl2NOS. The van der Waals surface area contributed by atoms with Gasteiger partial charge in [-0.15, -0.1) is 11.8 Å². The molecule has 2 aromatic carbocycles. The molecule has 0 spiro atoms. The second-order valence-corrected chi connectivity index (χ2v) is 6.06. The summed E-state index contributed by atoms with van der Waals surface area (Å²) in [6.07, 6.45) is 0. The molecule has 0 fully saturated rings. The highest BCUT2D eigenvalue weighted by Crippen LogP contribution is 2.34. The minimum atomic E-state index is 0.491. The molecule has 0 unspecified atom stereocenters. The molecule has 2 rings (SSSR count). The standard InChI is InChI=1S/C15H11Cl2NOS/c1-2-20-15-5-3-4-14(13(15)9-18)19-12-7-10(16)6-11(17)8-12/h3-8H,2H2,1H3. The van der Waals surface area contributed by atoms with Crippen molar-refractivity contribution in [3.63, 3.8) is 0 Å². The average molecular weight is 324 g/mol. The fraction of sp³-hybridized carbons (Fsp3) is 0.133. The summed E-state index contributed by atoms with van der Waals surface area (Å²) in [5.74, 6) is 1.91. The zero-order valence-corrected chi connectivity index (χ0v) is 13.0. The molecule has 0 saturated carbocycles. The predicted octanol–water partition coefficient (Wildman–Crippen LogP) is 5.77. The van der Waals surface area contributed by atoms with E-state index < -0.39 is 0 Å². The van der Waals surface area contributed by atoms with Crippen molar-refractivity contribution in [3.05, 3.63) is 52.0 Å². The Morgan fingerprint density at radius 2 is 1.90 bits per heavy atom. The molecule has 0 aliphatic heterocycles. The number of nitrogens with zero attached hydrogens (tertiary/aromatic N) is 1. The van der Waals surface area contributed by atoms with Crippen molar-refractivity contribution in [2.45, 2.75) is 11.8 Å². The van der Waals surface area contributed by atoms with Crippen LogP contribution in [0.25, 0.3) is 0 Å². The fourth-order valence-electron chi connectivity index (χ4n) is 1.70. The van der Waals surface area contributed by atoms with Gasteiger partial charge in [0.1, 0.15) is 23.1 Å². The first kappa shape index (κ1) is 15.1. The Kier molecular flexibility index (Phi) is 5.19. The van der Waals surface area contributed by atoms with Gasteiger partial charge >= 0.3 is 0 Å². The van der Waals surface area contributed by atoms with Gasteiger partial charge in [-0.3, -0.25) is 0 Å². The first-order chi connectivity index (χ1) is 9.63. The summed E-state index contributed by atoms with van der Waals surface area (Å²) in [6.45, 7) is 2.04. The van der Waals surface area contributed by atoms with Crippen molar-refractivity contribution in [2.24, 2.45) is 0 Å². The van der Waals surface area contributed by atoms with Crippen LogP contribution < -0.4 is 4.74 Å². The van der Waals surface area contributed by atoms with Gasteiger partial charge in [0.05, 0.1) is 0 Å². The first-order valence-corrected chi connectivity index (χ1v) is 7.68. The van der Waals surface area contributed by atoms with Crippen LogP contribution in [0.4, 0.5) is 0 Å². The van der Waals surface area contributed by atoms with Gasteiger partial charge in [0.2, 0.25) is 0 Å². The van der Waals surface area contributed by atoms with Gasteiger partial charge in [-0.1, -0.05) is 36.2 Å². The molecule has 2 nitrogen and oxygen atoms in total. The number of thioether (sulfide) groups is 1. The summed E-state index contributed by atoms with van der Waals surface area (Å²) in [6, 6.07) is 12.7. The van der Waals surface area contributed by atoms with Gasteiger partial charge in [-0.2, -0.15) is 5.26 Å². The zero-order valence-electron chi connectivity index (χ0n) is 10.7. The van der Waals surface area contributed by atoms with E-state index in [1.165, 1.54) is 0 Å². The number of nitriles is 1. The number of ether oxygens (including phenoxy) is 1. The molecule has 102 valence electrons. The topological polar surface area (TPSA) is 33.0 Å². The third-order valence-electron chi connectivity index (χ3n) is 2.46. The molecule has 2 aromatic rings. The lowest BCUT2D eigenvalue weighted by atomic mass is 10.2. The highest BCUT2D eigenvalue weighted by molar-refractivity contribution is 7.99. The first-order valence-electron chi connectivity index (χ1n) is 5.94. The Morgan fingerprint density at radius 1 is 1.20 bits per heavy atom. The third kappa shape index (κ3) is 3.61. The lowest BCUT2D eigenvalue weighted by molar-refractivity contribution is 0.479. The van der Waals surface area contributed by atoms with Crippen molar-refractivity contribution >= 4 is 35.0 Å². The molecule has 20 heavy (non-hydrogen) atoms. The van der Waals surface area contributed by atoms with E-state index >= 15 is 0 Å². The van der Waals surface area contributed by atoms with Crippen LogP contribution in [-0.2, 0) is 0 Å². The Labute approximate surface area is 132 Å². The lowest BCUT2D eigenvalue weighted by Crippen LogP contribution is -1.91. The van der Waals surface area contributed by atoms with Crippen LogP contribution in [0.2, 0.25) is 10.0 Å². The van der Waals surface area contributed by atoms with Crippen LogP contribution in [0.3, 0.4) is 0 Å². The molecule has 0 heterocycles. The van der Waals surface area contributed by atoms with Gasteiger partial charge in [-0.25, -0.2) is 0 Å². The van der Waals surface area contributed by atoms with Crippen LogP contribution in [0.1, 0.15) is 12.5 Å². The molecule has 0 saturated heterocycles. The van der Waals surface area contributed by atoms with E-state index in [-0.39, 0.29) is 0 Å². The molecule has 0 bridgehead atoms.